The van der Waals surface area contributed by atoms with E-state index in [1.165, 1.54) is 0 Å². The number of alkyl halides is 4. The number of hydrogen-bond donors (Lipinski definition) is 1. The monoisotopic (exact) mass is 464 g/mol. The average Bonchev–Trinajstić information content (AvgIpc) is 2.67. The fourth-order valence-corrected chi connectivity index (χ4v) is 3.86. The summed E-state index contributed by atoms with van der Waals surface area (Å²) in [6.07, 6.45) is -3.60. The van der Waals surface area contributed by atoms with Gasteiger partial charge in [0, 0.05) is 17.7 Å². The molecule has 0 spiro atoms. The Morgan fingerprint density at radius 1 is 1.17 bits per heavy atom. The minimum Gasteiger partial charge on any atom is -0.493 e. The summed E-state index contributed by atoms with van der Waals surface area (Å²) >= 11 is 3.08. The van der Waals surface area contributed by atoms with Gasteiger partial charge in [0.25, 0.3) is 0 Å². The van der Waals surface area contributed by atoms with Crippen LogP contribution in [0.15, 0.2) is 48.1 Å². The zero-order valence-corrected chi connectivity index (χ0v) is 16.8. The summed E-state index contributed by atoms with van der Waals surface area (Å²) in [5, 5.41) is 2.66. The molecular formula is C20H16BrF3N4O. The lowest BCUT2D eigenvalue weighted by Crippen LogP contribution is -2.45. The largest absolute Gasteiger partial charge is 0.493 e. The molecule has 2 aliphatic heterocycles. The second-order valence-corrected chi connectivity index (χ2v) is 7.53. The summed E-state index contributed by atoms with van der Waals surface area (Å²) in [7, 11) is 0. The van der Waals surface area contributed by atoms with Gasteiger partial charge in [-0.1, -0.05) is 41.2 Å². The van der Waals surface area contributed by atoms with Crippen molar-refractivity contribution >= 4 is 33.0 Å². The Balaban J connectivity index is 2.08. The summed E-state index contributed by atoms with van der Waals surface area (Å²) < 4.78 is 47.6. The van der Waals surface area contributed by atoms with E-state index in [9.17, 15) is 13.2 Å². The van der Waals surface area contributed by atoms with Gasteiger partial charge in [0.1, 0.15) is 17.4 Å². The van der Waals surface area contributed by atoms with E-state index >= 15 is 0 Å². The Hall–Kier alpha value is -2.68. The van der Waals surface area contributed by atoms with Crippen molar-refractivity contribution in [1.82, 2.24) is 9.97 Å². The van der Waals surface area contributed by atoms with Crippen molar-refractivity contribution in [2.45, 2.75) is 23.8 Å². The number of aromatic nitrogens is 2. The number of nitrogens with one attached hydrogen (secondary N) is 1. The van der Waals surface area contributed by atoms with Crippen LogP contribution in [0, 0.1) is 0 Å². The molecule has 2 aromatic rings. The van der Waals surface area contributed by atoms with Crippen LogP contribution in [0.1, 0.15) is 17.8 Å². The second-order valence-electron chi connectivity index (χ2n) is 6.62. The standard InChI is InChI=1S/C20H16BrF3N4O/c1-10-12-6-3-4-7-13(12)29-9-5-8-14-27-18(25-10)15-16(20(22,23)24)17(21)11(2)26-19(15)28-14/h3-4,6-7,17H,1-2,5,8-9H2,(H,25,26,27,28). The van der Waals surface area contributed by atoms with Gasteiger partial charge in [0.2, 0.25) is 0 Å². The van der Waals surface area contributed by atoms with Crippen molar-refractivity contribution < 1.29 is 17.9 Å². The van der Waals surface area contributed by atoms with E-state index in [1.807, 2.05) is 6.07 Å². The molecule has 0 radical (unpaired) electrons. The van der Waals surface area contributed by atoms with Crippen molar-refractivity contribution in [3.05, 3.63) is 65.2 Å². The molecule has 4 rings (SSSR count). The van der Waals surface area contributed by atoms with Gasteiger partial charge in [-0.05, 0) is 18.6 Å². The molecule has 0 saturated heterocycles. The Morgan fingerprint density at radius 2 is 1.93 bits per heavy atom. The summed E-state index contributed by atoms with van der Waals surface area (Å²) in [5.41, 5.74) is 0.0846. The van der Waals surface area contributed by atoms with Crippen LogP contribution in [0.5, 0.6) is 5.75 Å². The zero-order chi connectivity index (χ0) is 20.8. The lowest BCUT2D eigenvalue weighted by Gasteiger charge is -2.26. The van der Waals surface area contributed by atoms with Gasteiger partial charge in [-0.15, -0.1) is 0 Å². The van der Waals surface area contributed by atoms with Crippen LogP contribution in [0.2, 0.25) is 0 Å². The number of allylic oxidation sites excluding steroid dienone is 1. The first-order valence-electron chi connectivity index (χ1n) is 8.83. The molecule has 1 atom stereocenters. The quantitative estimate of drug-likeness (QED) is 0.606. The Kier molecular flexibility index (Phi) is 4.94. The van der Waals surface area contributed by atoms with E-state index in [2.05, 4.69) is 49.4 Å². The highest BCUT2D eigenvalue weighted by atomic mass is 79.9. The third-order valence-corrected chi connectivity index (χ3v) is 5.60. The molecule has 1 N–H and O–H groups in total. The van der Waals surface area contributed by atoms with Gasteiger partial charge in [-0.2, -0.15) is 13.2 Å². The highest BCUT2D eigenvalue weighted by Crippen LogP contribution is 2.37. The lowest BCUT2D eigenvalue weighted by atomic mass is 10.0. The maximum Gasteiger partial charge on any atom is 0.415 e. The van der Waals surface area contributed by atoms with Crippen molar-refractivity contribution in [3.8, 4) is 5.75 Å². The maximum atomic E-state index is 13.9. The molecule has 0 aliphatic carbocycles. The van der Waals surface area contributed by atoms with Crippen LogP contribution < -0.4 is 20.8 Å². The molecule has 2 aliphatic rings. The highest BCUT2D eigenvalue weighted by Gasteiger charge is 2.43. The van der Waals surface area contributed by atoms with Crippen molar-refractivity contribution in [1.29, 1.82) is 0 Å². The van der Waals surface area contributed by atoms with Crippen LogP contribution in [-0.2, 0) is 6.42 Å². The molecule has 3 heterocycles. The van der Waals surface area contributed by atoms with E-state index in [1.54, 1.807) is 18.2 Å². The van der Waals surface area contributed by atoms with E-state index in [4.69, 9.17) is 4.74 Å². The van der Waals surface area contributed by atoms with Crippen molar-refractivity contribution in [2.24, 2.45) is 4.99 Å². The number of benzene rings is 1. The number of anilines is 1. The molecule has 29 heavy (non-hydrogen) atoms. The van der Waals surface area contributed by atoms with Crippen molar-refractivity contribution in [2.75, 3.05) is 11.9 Å². The van der Waals surface area contributed by atoms with Crippen LogP contribution >= 0.6 is 15.9 Å². The molecular weight excluding hydrogens is 449 g/mol. The predicted molar refractivity (Wildman–Crippen MR) is 107 cm³/mol. The topological polar surface area (TPSA) is 59.4 Å². The van der Waals surface area contributed by atoms with E-state index in [-0.39, 0.29) is 27.9 Å². The minimum absolute atomic E-state index is 0.0445. The summed E-state index contributed by atoms with van der Waals surface area (Å²) in [6.45, 7) is 8.03. The van der Waals surface area contributed by atoms with Gasteiger partial charge in [0.15, 0.2) is 5.49 Å². The number of rotatable bonds is 0. The van der Waals surface area contributed by atoms with Crippen LogP contribution in [0.4, 0.5) is 19.0 Å². The molecule has 0 fully saturated rings. The molecule has 1 unspecified atom stereocenters. The average molecular weight is 465 g/mol. The fourth-order valence-electron chi connectivity index (χ4n) is 3.26. The molecule has 150 valence electrons. The lowest BCUT2D eigenvalue weighted by molar-refractivity contribution is -0.0718. The molecule has 0 saturated carbocycles. The van der Waals surface area contributed by atoms with Crippen LogP contribution in [0.25, 0.3) is 11.3 Å². The van der Waals surface area contributed by atoms with Gasteiger partial charge >= 0.3 is 6.18 Å². The number of para-hydroxylation sites is 1. The minimum atomic E-state index is -4.63. The van der Waals surface area contributed by atoms with Gasteiger partial charge < -0.3 is 10.1 Å². The zero-order valence-electron chi connectivity index (χ0n) is 15.2. The fraction of sp³-hybridized carbons (Fsp3) is 0.250. The third kappa shape index (κ3) is 3.66. The Labute approximate surface area is 172 Å². The predicted octanol–water partition coefficient (Wildman–Crippen LogP) is 3.51. The van der Waals surface area contributed by atoms with Gasteiger partial charge in [-0.3, -0.25) is 0 Å². The maximum absolute atomic E-state index is 13.9. The summed E-state index contributed by atoms with van der Waals surface area (Å²) in [6, 6.07) is 7.14. The van der Waals surface area contributed by atoms with E-state index in [0.29, 0.717) is 36.6 Å². The van der Waals surface area contributed by atoms with E-state index in [0.717, 1.165) is 0 Å². The van der Waals surface area contributed by atoms with Crippen LogP contribution in [-0.4, -0.2) is 27.6 Å². The number of hydrogen-bond acceptors (Lipinski definition) is 5. The number of aryl methyl sites for hydroxylation is 1. The first-order chi connectivity index (χ1) is 13.8. The Morgan fingerprint density at radius 3 is 2.69 bits per heavy atom. The second kappa shape index (κ2) is 7.29. The molecule has 5 nitrogen and oxygen atoms in total. The number of ether oxygens (including phenoxy) is 1. The molecule has 9 heteroatoms. The molecule has 0 amide bonds. The summed E-state index contributed by atoms with van der Waals surface area (Å²) in [4.78, 5) is 11.9. The summed E-state index contributed by atoms with van der Waals surface area (Å²) in [5.74, 6) is 0.991. The number of halogens is 4. The van der Waals surface area contributed by atoms with Gasteiger partial charge in [0.05, 0.1) is 27.9 Å². The molecule has 1 aromatic carbocycles. The Bertz CT molecular complexity index is 1140. The van der Waals surface area contributed by atoms with Crippen LogP contribution in [0.3, 0.4) is 0 Å². The normalized spacial score (nSPS) is 19.2. The van der Waals surface area contributed by atoms with Gasteiger partial charge in [-0.25, -0.2) is 15.0 Å². The SMILES string of the molecule is C=C1N=c2nc(nc3c2=C(C(F)(F)F)C(Br)C(=C)N3)CCCOc2ccccc21. The smallest absolute Gasteiger partial charge is 0.415 e. The number of nitrogens with zero attached hydrogens (tertiary/aromatic N) is 3. The molecule has 1 aromatic heterocycles. The van der Waals surface area contributed by atoms with Crippen molar-refractivity contribution in [3.63, 3.8) is 0 Å². The number of fused-ring (bicyclic) bond motifs is 5. The van der Waals surface area contributed by atoms with E-state index < -0.39 is 16.6 Å². The first kappa shape index (κ1) is 19.6. The highest BCUT2D eigenvalue weighted by molar-refractivity contribution is 9.10. The molecule has 2 bridgehead atoms. The third-order valence-electron chi connectivity index (χ3n) is 4.59. The first-order valence-corrected chi connectivity index (χ1v) is 9.75.